The van der Waals surface area contributed by atoms with Gasteiger partial charge in [-0.05, 0) is 54.2 Å². The molecule has 406 valence electrons. The maximum atomic E-state index is 12.2. The number of carbonyl (C=O) groups excluding carboxylic acids is 3. The number of ether oxygens (including phenoxy) is 2. The first-order valence-electron chi connectivity index (χ1n) is 22.6. The van der Waals surface area contributed by atoms with Crippen LogP contribution in [0.5, 0.6) is 0 Å². The molecule has 3 aliphatic rings. The van der Waals surface area contributed by atoms with Gasteiger partial charge in [-0.2, -0.15) is 8.61 Å². The van der Waals surface area contributed by atoms with Gasteiger partial charge in [0.1, 0.15) is 17.1 Å². The molecular weight excluding hydrogens is 1080 g/mol. The van der Waals surface area contributed by atoms with E-state index in [1.165, 1.54) is 39.9 Å². The smallest absolute Gasteiger partial charge is 0.790 e. The summed E-state index contributed by atoms with van der Waals surface area (Å²) in [5.41, 5.74) is 7.64. The number of esters is 2. The Morgan fingerprint density at radius 3 is 1.46 bits per heavy atom. The Labute approximate surface area is 478 Å². The summed E-state index contributed by atoms with van der Waals surface area (Å²) in [6.45, 7) is 9.01. The van der Waals surface area contributed by atoms with Gasteiger partial charge in [0.2, 0.25) is 29.1 Å². The molecule has 6 N–H and O–H groups in total. The second-order valence-electron chi connectivity index (χ2n) is 14.9. The number of fused-ring (bicyclic) bond motifs is 3. The number of unbranched alkanes of at least 4 members (excludes halogenated alkanes) is 3. The Morgan fingerprint density at radius 2 is 1.10 bits per heavy atom. The van der Waals surface area contributed by atoms with E-state index < -0.39 is 48.1 Å². The van der Waals surface area contributed by atoms with Crippen LogP contribution >= 0.6 is 23.1 Å². The normalized spacial score (nSPS) is 13.6. The number of carbonyl (C=O) groups is 3. The number of aromatic nitrogens is 3. The van der Waals surface area contributed by atoms with E-state index in [4.69, 9.17) is 27.6 Å². The summed E-state index contributed by atoms with van der Waals surface area (Å²) < 4.78 is 96.8. The predicted octanol–water partition coefficient (Wildman–Crippen LogP) is 0.977. The van der Waals surface area contributed by atoms with Crippen molar-refractivity contribution < 1.29 is 117 Å². The van der Waals surface area contributed by atoms with E-state index in [1.54, 1.807) is 24.3 Å². The van der Waals surface area contributed by atoms with Gasteiger partial charge >= 0.3 is 63.3 Å². The zero-order valence-electron chi connectivity index (χ0n) is 42.9. The number of alkyl halides is 1. The Morgan fingerprint density at radius 1 is 0.736 bits per heavy atom. The molecule has 0 radical (unpaired) electrons. The molecule has 3 aliphatic heterocycles. The van der Waals surface area contributed by atoms with Crippen molar-refractivity contribution >= 4 is 70.0 Å². The number of halogens is 3. The summed E-state index contributed by atoms with van der Waals surface area (Å²) in [6, 6.07) is 10.1. The van der Waals surface area contributed by atoms with Gasteiger partial charge in [-0.25, -0.2) is 55.3 Å². The number of pyridine rings is 3. The molecule has 0 fully saturated rings. The third kappa shape index (κ3) is 26.4. The summed E-state index contributed by atoms with van der Waals surface area (Å²) in [5, 5.41) is 26.6. The molecule has 6 heterocycles. The third-order valence-corrected chi connectivity index (χ3v) is 15.2. The molecule has 0 aliphatic carbocycles. The molecule has 22 nitrogen and oxygen atoms in total. The first-order chi connectivity index (χ1) is 33.7. The summed E-state index contributed by atoms with van der Waals surface area (Å²) in [4.78, 5) is 46.7. The van der Waals surface area contributed by atoms with E-state index in [0.717, 1.165) is 68.4 Å². The van der Waals surface area contributed by atoms with E-state index >= 15 is 0 Å². The van der Waals surface area contributed by atoms with Crippen LogP contribution in [0.15, 0.2) is 36.4 Å². The SMILES string of the molecule is CCCCS(=O)(=O)Cl.CCCCS(=O)(=O)N1CCc2nc(C(=O)NO)ccc2C1.CCCCS(=O)(=O)N1CCc2nc(C(=O)OC)ccc2C1.CO.COC(=O)c1ccc2c(n1)CCNC2.Cl.N[O-].[2H]CF.[K+]. The van der Waals surface area contributed by atoms with Crippen LogP contribution in [0.1, 0.15) is 126 Å². The quantitative estimate of drug-likeness (QED) is 0.0494. The number of aliphatic hydroxyl groups is 1. The zero-order valence-corrected chi connectivity index (χ0v) is 49.0. The van der Waals surface area contributed by atoms with Crippen LogP contribution in [0, 0.1) is 5.21 Å². The van der Waals surface area contributed by atoms with Crippen LogP contribution in [0.4, 0.5) is 4.39 Å². The molecule has 6 rings (SSSR count). The van der Waals surface area contributed by atoms with Crippen LogP contribution in [-0.2, 0) is 77.5 Å². The average Bonchev–Trinajstić information content (AvgIpc) is 3.39. The van der Waals surface area contributed by atoms with Gasteiger partial charge in [0.15, 0.2) is 0 Å². The van der Waals surface area contributed by atoms with E-state index in [0.29, 0.717) is 63.1 Å². The van der Waals surface area contributed by atoms with E-state index in [-0.39, 0.29) is 105 Å². The van der Waals surface area contributed by atoms with E-state index in [1.807, 2.05) is 26.8 Å². The molecule has 1 amide bonds. The van der Waals surface area contributed by atoms with Gasteiger partial charge in [0, 0.05) is 93.4 Å². The number of nitrogens with zero attached hydrogens (tertiary/aromatic N) is 5. The molecule has 3 aromatic heterocycles. The maximum absolute atomic E-state index is 12.2. The Hall–Kier alpha value is -2.42. The number of rotatable bonds is 14. The van der Waals surface area contributed by atoms with Crippen molar-refractivity contribution in [2.24, 2.45) is 5.90 Å². The van der Waals surface area contributed by atoms with Crippen LogP contribution in [0.2, 0.25) is 0 Å². The summed E-state index contributed by atoms with van der Waals surface area (Å²) in [7, 11) is -2.09. The third-order valence-electron chi connectivity index (χ3n) is 10.1. The molecule has 72 heavy (non-hydrogen) atoms. The fourth-order valence-electron chi connectivity index (χ4n) is 6.44. The Kier molecular flexibility index (Phi) is 39.7. The molecular formula is C43H70Cl2FKN8O14S3. The second-order valence-corrected chi connectivity index (χ2v) is 21.9. The molecule has 0 spiro atoms. The number of sulfonamides is 2. The number of nitrogens with one attached hydrogen (secondary N) is 2. The molecule has 0 aromatic carbocycles. The van der Waals surface area contributed by atoms with Crippen molar-refractivity contribution in [1.82, 2.24) is 34.4 Å². The van der Waals surface area contributed by atoms with Crippen molar-refractivity contribution in [1.29, 1.82) is 0 Å². The first-order valence-corrected chi connectivity index (χ1v) is 27.6. The van der Waals surface area contributed by atoms with Crippen LogP contribution < -0.4 is 68.1 Å². The van der Waals surface area contributed by atoms with Gasteiger partial charge in [-0.15, -0.1) is 12.4 Å². The second kappa shape index (κ2) is 39.9. The van der Waals surface area contributed by atoms with Crippen molar-refractivity contribution in [2.75, 3.05) is 65.4 Å². The standard InChI is InChI=1S/C14H20N2O4S.C13H19N3O4S.C10H12N2O2.C4H9ClO2S.CH3F.CH4O.ClH.K.H2NO/c1-3-4-9-21(18,19)16-8-7-12-11(10-16)5-6-13(15-12)14(17)20-2;1-2-3-8-21(19,20)16-7-6-11-10(9-16)4-5-12(14-11)13(17)15-18;1-14-10(13)9-3-2-7-6-11-5-4-8(7)12-9;1-2-3-4-8(5,6)7;2*1-2;;;1-2/h5-6H,3-4,7-10H2,1-2H3;4-5,18H,2-3,6-9H2,1H3,(H,15,17);2-3,11H,4-6H2,1H3;2-4H2,1H3;1H3;2H,1H3;1H;;1H2/q;;;;;;;+1;-1/i;;;;1D;;;;. The number of amides is 1. The van der Waals surface area contributed by atoms with Gasteiger partial charge in [-0.3, -0.25) is 14.4 Å². The fourth-order valence-corrected chi connectivity index (χ4v) is 10.6. The predicted molar refractivity (Wildman–Crippen MR) is 270 cm³/mol. The number of methoxy groups -OCH3 is 2. The minimum Gasteiger partial charge on any atom is -0.790 e. The van der Waals surface area contributed by atoms with Gasteiger partial charge in [-0.1, -0.05) is 58.2 Å². The molecule has 0 atom stereocenters. The number of hydrogen-bond donors (Lipinski definition) is 5. The number of aliphatic hydroxyl groups excluding tert-OH is 1. The van der Waals surface area contributed by atoms with E-state index in [2.05, 4.69) is 35.6 Å². The van der Waals surface area contributed by atoms with Gasteiger partial charge in [0.25, 0.3) is 5.91 Å². The zero-order chi connectivity index (χ0) is 54.2. The summed E-state index contributed by atoms with van der Waals surface area (Å²) >= 11 is 0. The van der Waals surface area contributed by atoms with E-state index in [9.17, 15) is 44.0 Å². The van der Waals surface area contributed by atoms with Gasteiger partial charge in [0.05, 0.1) is 40.0 Å². The van der Waals surface area contributed by atoms with Crippen molar-refractivity contribution in [3.8, 4) is 0 Å². The van der Waals surface area contributed by atoms with Crippen LogP contribution in [0.3, 0.4) is 0 Å². The molecule has 0 saturated heterocycles. The minimum absolute atomic E-state index is 0. The largest absolute Gasteiger partial charge is 1.00 e. The van der Waals surface area contributed by atoms with Crippen LogP contribution in [-0.4, -0.2) is 142 Å². The molecule has 0 bridgehead atoms. The molecule has 3 aromatic rings. The number of nitrogens with two attached hydrogens (primary N) is 1. The monoisotopic (exact) mass is 1150 g/mol. The molecule has 0 unspecified atom stereocenters. The summed E-state index contributed by atoms with van der Waals surface area (Å²) in [5.74, 6) is 2.19. The maximum Gasteiger partial charge on any atom is 1.00 e. The van der Waals surface area contributed by atoms with Gasteiger partial charge < -0.3 is 31.0 Å². The van der Waals surface area contributed by atoms with Crippen molar-refractivity contribution in [3.63, 3.8) is 0 Å². The molecule has 0 saturated carbocycles. The molecule has 29 heteroatoms. The van der Waals surface area contributed by atoms with Crippen molar-refractivity contribution in [3.05, 3.63) is 92.5 Å². The fraction of sp³-hybridized carbons (Fsp3) is 0.581. The minimum atomic E-state index is -3.23. The van der Waals surface area contributed by atoms with Crippen molar-refractivity contribution in [2.45, 2.75) is 98.2 Å². The Balaban J connectivity index is -0.000000885. The topological polar surface area (TPSA) is 331 Å². The summed E-state index contributed by atoms with van der Waals surface area (Å²) in [6.07, 6.45) is 6.40. The Bertz CT molecular complexity index is 2330. The van der Waals surface area contributed by atoms with Crippen LogP contribution in [0.25, 0.3) is 0 Å². The first kappa shape index (κ1) is 71.7. The number of hydrogen-bond acceptors (Lipinski definition) is 19. The average molecular weight is 1150 g/mol. The number of hydroxylamine groups is 1.